The Morgan fingerprint density at radius 3 is 2.88 bits per heavy atom. The molecule has 2 heterocycles. The fourth-order valence-corrected chi connectivity index (χ4v) is 1.27. The molecule has 82 valence electrons. The highest BCUT2D eigenvalue weighted by molar-refractivity contribution is 5.25. The van der Waals surface area contributed by atoms with Crippen LogP contribution in [0.4, 0.5) is 5.95 Å². The average Bonchev–Trinajstić information content (AvgIpc) is 2.28. The van der Waals surface area contributed by atoms with Crippen molar-refractivity contribution in [3.8, 4) is 5.75 Å². The van der Waals surface area contributed by atoms with Crippen molar-refractivity contribution in [3.05, 3.63) is 42.0 Å². The van der Waals surface area contributed by atoms with E-state index in [1.54, 1.807) is 18.5 Å². The van der Waals surface area contributed by atoms with Crippen LogP contribution in [0.25, 0.3) is 0 Å². The summed E-state index contributed by atoms with van der Waals surface area (Å²) >= 11 is 0. The first-order chi connectivity index (χ1) is 7.75. The SMILES string of the molecule is Cc1ncccc1OCc1ccnc(N)n1. The van der Waals surface area contributed by atoms with E-state index >= 15 is 0 Å². The summed E-state index contributed by atoms with van der Waals surface area (Å²) in [5.41, 5.74) is 7.06. The van der Waals surface area contributed by atoms with Crippen LogP contribution in [0.1, 0.15) is 11.4 Å². The number of ether oxygens (including phenoxy) is 1. The monoisotopic (exact) mass is 216 g/mol. The number of hydrogen-bond donors (Lipinski definition) is 1. The molecule has 0 aromatic carbocycles. The van der Waals surface area contributed by atoms with Crippen molar-refractivity contribution in [2.24, 2.45) is 0 Å². The van der Waals surface area contributed by atoms with Gasteiger partial charge in [0.05, 0.1) is 11.4 Å². The first kappa shape index (κ1) is 10.4. The zero-order valence-electron chi connectivity index (χ0n) is 8.92. The van der Waals surface area contributed by atoms with Crippen molar-refractivity contribution in [1.82, 2.24) is 15.0 Å². The van der Waals surface area contributed by atoms with E-state index in [9.17, 15) is 0 Å². The second-order valence-corrected chi connectivity index (χ2v) is 3.28. The van der Waals surface area contributed by atoms with Crippen LogP contribution in [0.2, 0.25) is 0 Å². The van der Waals surface area contributed by atoms with E-state index in [0.717, 1.165) is 17.1 Å². The molecule has 2 aromatic heterocycles. The first-order valence-electron chi connectivity index (χ1n) is 4.87. The van der Waals surface area contributed by atoms with Gasteiger partial charge < -0.3 is 10.5 Å². The minimum atomic E-state index is 0.254. The van der Waals surface area contributed by atoms with Crippen molar-refractivity contribution in [2.45, 2.75) is 13.5 Å². The van der Waals surface area contributed by atoms with Crippen molar-refractivity contribution < 1.29 is 4.74 Å². The summed E-state index contributed by atoms with van der Waals surface area (Å²) in [6.07, 6.45) is 3.34. The van der Waals surface area contributed by atoms with Crippen LogP contribution in [-0.2, 0) is 6.61 Å². The third-order valence-electron chi connectivity index (χ3n) is 2.07. The summed E-state index contributed by atoms with van der Waals surface area (Å²) in [4.78, 5) is 12.0. The van der Waals surface area contributed by atoms with Gasteiger partial charge in [0.1, 0.15) is 12.4 Å². The van der Waals surface area contributed by atoms with Crippen LogP contribution in [0.3, 0.4) is 0 Å². The quantitative estimate of drug-likeness (QED) is 0.838. The molecule has 0 fully saturated rings. The molecule has 2 rings (SSSR count). The van der Waals surface area contributed by atoms with E-state index in [-0.39, 0.29) is 5.95 Å². The molecular weight excluding hydrogens is 204 g/mol. The van der Waals surface area contributed by atoms with Crippen molar-refractivity contribution >= 4 is 5.95 Å². The Labute approximate surface area is 93.3 Å². The third kappa shape index (κ3) is 2.44. The van der Waals surface area contributed by atoms with Gasteiger partial charge in [-0.25, -0.2) is 9.97 Å². The number of nitrogen functional groups attached to an aromatic ring is 1. The molecule has 0 spiro atoms. The predicted octanol–water partition coefficient (Wildman–Crippen LogP) is 1.34. The summed E-state index contributed by atoms with van der Waals surface area (Å²) in [6.45, 7) is 2.25. The molecule has 0 amide bonds. The van der Waals surface area contributed by atoms with Crippen LogP contribution in [0.15, 0.2) is 30.6 Å². The van der Waals surface area contributed by atoms with E-state index in [1.165, 1.54) is 0 Å². The van der Waals surface area contributed by atoms with Gasteiger partial charge in [0.2, 0.25) is 5.95 Å². The van der Waals surface area contributed by atoms with Gasteiger partial charge in [-0.3, -0.25) is 4.98 Å². The van der Waals surface area contributed by atoms with Gasteiger partial charge in [-0.05, 0) is 25.1 Å². The molecule has 0 aliphatic heterocycles. The summed E-state index contributed by atoms with van der Waals surface area (Å²) in [5, 5.41) is 0. The largest absolute Gasteiger partial charge is 0.485 e. The van der Waals surface area contributed by atoms with Crippen LogP contribution < -0.4 is 10.5 Å². The third-order valence-corrected chi connectivity index (χ3v) is 2.07. The Hall–Kier alpha value is -2.17. The van der Waals surface area contributed by atoms with Gasteiger partial charge in [0, 0.05) is 12.4 Å². The lowest BCUT2D eigenvalue weighted by Gasteiger charge is -2.07. The summed E-state index contributed by atoms with van der Waals surface area (Å²) in [5.74, 6) is 1.00. The number of anilines is 1. The van der Waals surface area contributed by atoms with Crippen molar-refractivity contribution in [1.29, 1.82) is 0 Å². The maximum absolute atomic E-state index is 5.57. The molecule has 0 aliphatic carbocycles. The molecule has 0 unspecified atom stereocenters. The van der Waals surface area contributed by atoms with E-state index < -0.39 is 0 Å². The van der Waals surface area contributed by atoms with Crippen LogP contribution in [0, 0.1) is 6.92 Å². The molecule has 0 saturated carbocycles. The minimum absolute atomic E-state index is 0.254. The zero-order valence-corrected chi connectivity index (χ0v) is 8.92. The van der Waals surface area contributed by atoms with Gasteiger partial charge in [-0.15, -0.1) is 0 Å². The fourth-order valence-electron chi connectivity index (χ4n) is 1.27. The lowest BCUT2D eigenvalue weighted by Crippen LogP contribution is -2.03. The first-order valence-corrected chi connectivity index (χ1v) is 4.87. The van der Waals surface area contributed by atoms with Crippen molar-refractivity contribution in [2.75, 3.05) is 5.73 Å². The van der Waals surface area contributed by atoms with Gasteiger partial charge in [0.15, 0.2) is 0 Å². The van der Waals surface area contributed by atoms with Crippen molar-refractivity contribution in [3.63, 3.8) is 0 Å². The van der Waals surface area contributed by atoms with E-state index in [2.05, 4.69) is 15.0 Å². The number of hydrogen-bond acceptors (Lipinski definition) is 5. The Bertz CT molecular complexity index is 487. The minimum Gasteiger partial charge on any atom is -0.485 e. The maximum atomic E-state index is 5.57. The lowest BCUT2D eigenvalue weighted by molar-refractivity contribution is 0.297. The van der Waals surface area contributed by atoms with E-state index in [0.29, 0.717) is 6.61 Å². The smallest absolute Gasteiger partial charge is 0.220 e. The topological polar surface area (TPSA) is 73.9 Å². The van der Waals surface area contributed by atoms with Crippen LogP contribution in [0.5, 0.6) is 5.75 Å². The van der Waals surface area contributed by atoms with Gasteiger partial charge in [-0.1, -0.05) is 0 Å². The second-order valence-electron chi connectivity index (χ2n) is 3.28. The average molecular weight is 216 g/mol. The molecular formula is C11H12N4O. The number of rotatable bonds is 3. The molecule has 0 aliphatic rings. The molecule has 0 radical (unpaired) electrons. The molecule has 5 heteroatoms. The highest BCUT2D eigenvalue weighted by Crippen LogP contribution is 2.14. The van der Waals surface area contributed by atoms with Crippen LogP contribution in [-0.4, -0.2) is 15.0 Å². The maximum Gasteiger partial charge on any atom is 0.220 e. The predicted molar refractivity (Wildman–Crippen MR) is 59.8 cm³/mol. The van der Waals surface area contributed by atoms with Gasteiger partial charge in [-0.2, -0.15) is 0 Å². The molecule has 0 bridgehead atoms. The molecule has 2 aromatic rings. The number of aryl methyl sites for hydroxylation is 1. The fraction of sp³-hybridized carbons (Fsp3) is 0.182. The zero-order chi connectivity index (χ0) is 11.4. The Balaban J connectivity index is 2.05. The molecule has 0 saturated heterocycles. The number of aromatic nitrogens is 3. The summed E-state index contributed by atoms with van der Waals surface area (Å²) in [6, 6.07) is 5.46. The number of pyridine rings is 1. The number of nitrogens with zero attached hydrogens (tertiary/aromatic N) is 3. The van der Waals surface area contributed by atoms with Crippen LogP contribution >= 0.6 is 0 Å². The van der Waals surface area contributed by atoms with E-state index in [4.69, 9.17) is 10.5 Å². The highest BCUT2D eigenvalue weighted by Gasteiger charge is 2.01. The number of nitrogens with two attached hydrogens (primary N) is 1. The summed E-state index contributed by atoms with van der Waals surface area (Å²) in [7, 11) is 0. The highest BCUT2D eigenvalue weighted by atomic mass is 16.5. The molecule has 5 nitrogen and oxygen atoms in total. The summed E-state index contributed by atoms with van der Waals surface area (Å²) < 4.78 is 5.57. The Kier molecular flexibility index (Phi) is 2.95. The normalized spacial score (nSPS) is 10.1. The standard InChI is InChI=1S/C11H12N4O/c1-8-10(3-2-5-13-8)16-7-9-4-6-14-11(12)15-9/h2-6H,7H2,1H3,(H2,12,14,15). The Morgan fingerprint density at radius 2 is 2.12 bits per heavy atom. The van der Waals surface area contributed by atoms with Gasteiger partial charge >= 0.3 is 0 Å². The molecule has 0 atom stereocenters. The van der Waals surface area contributed by atoms with E-state index in [1.807, 2.05) is 19.1 Å². The lowest BCUT2D eigenvalue weighted by atomic mass is 10.3. The Morgan fingerprint density at radius 1 is 1.25 bits per heavy atom. The molecule has 2 N–H and O–H groups in total. The van der Waals surface area contributed by atoms with Gasteiger partial charge in [0.25, 0.3) is 0 Å². The molecule has 16 heavy (non-hydrogen) atoms. The second kappa shape index (κ2) is 4.57.